The van der Waals surface area contributed by atoms with Crippen molar-refractivity contribution >= 4 is 11.3 Å². The first kappa shape index (κ1) is 16.0. The van der Waals surface area contributed by atoms with Gasteiger partial charge in [-0.05, 0) is 56.9 Å². The zero-order chi connectivity index (χ0) is 14.5. The fraction of sp³-hybridized carbons (Fsp3) is 0.824. The second-order valence-corrected chi connectivity index (χ2v) is 7.86. The number of rotatable bonds is 6. The van der Waals surface area contributed by atoms with E-state index in [1.54, 1.807) is 11.3 Å². The summed E-state index contributed by atoms with van der Waals surface area (Å²) in [7, 11) is 0. The van der Waals surface area contributed by atoms with Crippen LogP contribution in [0, 0.1) is 24.7 Å². The second-order valence-electron chi connectivity index (χ2n) is 6.80. The average molecular weight is 295 g/mol. The molecule has 1 aromatic heterocycles. The Labute approximate surface area is 128 Å². The van der Waals surface area contributed by atoms with Crippen LogP contribution in [-0.2, 0) is 6.42 Å². The summed E-state index contributed by atoms with van der Waals surface area (Å²) >= 11 is 1.78. The molecule has 0 saturated heterocycles. The number of aromatic nitrogens is 1. The van der Waals surface area contributed by atoms with Crippen LogP contribution < -0.4 is 5.32 Å². The zero-order valence-corrected chi connectivity index (χ0v) is 14.3. The molecule has 2 nitrogen and oxygen atoms in total. The van der Waals surface area contributed by atoms with Crippen molar-refractivity contribution in [3.05, 3.63) is 16.1 Å². The predicted molar refractivity (Wildman–Crippen MR) is 88.3 cm³/mol. The lowest BCUT2D eigenvalue weighted by Crippen LogP contribution is -2.41. The van der Waals surface area contributed by atoms with Gasteiger partial charge in [0.25, 0.3) is 0 Å². The SMILES string of the molecule is CCCNC(Cc1csc(C)n1)C1CC(C)CC(C)C1. The van der Waals surface area contributed by atoms with Crippen LogP contribution in [-0.4, -0.2) is 17.6 Å². The number of thiazole rings is 1. The number of hydrogen-bond donors (Lipinski definition) is 1. The summed E-state index contributed by atoms with van der Waals surface area (Å²) in [6, 6.07) is 0.613. The molecular formula is C17H30N2S. The molecule has 0 amide bonds. The molecule has 0 spiro atoms. The van der Waals surface area contributed by atoms with E-state index >= 15 is 0 Å². The molecule has 0 aromatic carbocycles. The smallest absolute Gasteiger partial charge is 0.0897 e. The quantitative estimate of drug-likeness (QED) is 0.839. The van der Waals surface area contributed by atoms with E-state index in [-0.39, 0.29) is 0 Å². The standard InChI is InChI=1S/C17H30N2S/c1-5-6-18-17(10-16-11-20-14(4)19-16)15-8-12(2)7-13(3)9-15/h11-13,15,17-18H,5-10H2,1-4H3. The maximum atomic E-state index is 4.67. The summed E-state index contributed by atoms with van der Waals surface area (Å²) < 4.78 is 0. The largest absolute Gasteiger partial charge is 0.313 e. The molecule has 3 unspecified atom stereocenters. The molecule has 1 saturated carbocycles. The van der Waals surface area contributed by atoms with E-state index in [9.17, 15) is 0 Å². The van der Waals surface area contributed by atoms with Gasteiger partial charge in [0.2, 0.25) is 0 Å². The molecule has 0 radical (unpaired) electrons. The molecular weight excluding hydrogens is 264 g/mol. The highest BCUT2D eigenvalue weighted by Crippen LogP contribution is 2.35. The number of nitrogens with one attached hydrogen (secondary N) is 1. The average Bonchev–Trinajstić information content (AvgIpc) is 2.79. The van der Waals surface area contributed by atoms with Gasteiger partial charge in [-0.15, -0.1) is 11.3 Å². The Morgan fingerprint density at radius 2 is 2.00 bits per heavy atom. The van der Waals surface area contributed by atoms with Gasteiger partial charge < -0.3 is 5.32 Å². The topological polar surface area (TPSA) is 24.9 Å². The third-order valence-corrected chi connectivity index (χ3v) is 5.36. The highest BCUT2D eigenvalue weighted by atomic mass is 32.1. The predicted octanol–water partition coefficient (Wildman–Crippen LogP) is 4.43. The van der Waals surface area contributed by atoms with Crippen molar-refractivity contribution in [2.24, 2.45) is 17.8 Å². The van der Waals surface area contributed by atoms with Gasteiger partial charge in [0.05, 0.1) is 10.7 Å². The molecule has 3 heteroatoms. The first-order valence-corrected chi connectivity index (χ1v) is 9.10. The fourth-order valence-electron chi connectivity index (χ4n) is 3.80. The lowest BCUT2D eigenvalue weighted by atomic mass is 9.73. The van der Waals surface area contributed by atoms with Gasteiger partial charge in [-0.2, -0.15) is 0 Å². The Hall–Kier alpha value is -0.410. The highest BCUT2D eigenvalue weighted by molar-refractivity contribution is 7.09. The summed E-state index contributed by atoms with van der Waals surface area (Å²) in [6.45, 7) is 10.3. The van der Waals surface area contributed by atoms with Gasteiger partial charge in [0, 0.05) is 17.8 Å². The number of aryl methyl sites for hydroxylation is 1. The third kappa shape index (κ3) is 4.56. The minimum Gasteiger partial charge on any atom is -0.313 e. The molecule has 20 heavy (non-hydrogen) atoms. The van der Waals surface area contributed by atoms with E-state index in [1.165, 1.54) is 36.4 Å². The zero-order valence-electron chi connectivity index (χ0n) is 13.5. The van der Waals surface area contributed by atoms with Crippen LogP contribution in [0.2, 0.25) is 0 Å². The van der Waals surface area contributed by atoms with E-state index < -0.39 is 0 Å². The summed E-state index contributed by atoms with van der Waals surface area (Å²) in [4.78, 5) is 4.67. The van der Waals surface area contributed by atoms with Crippen molar-refractivity contribution in [1.29, 1.82) is 0 Å². The molecule has 1 N–H and O–H groups in total. The lowest BCUT2D eigenvalue weighted by Gasteiger charge is -2.37. The van der Waals surface area contributed by atoms with Crippen LogP contribution in [0.25, 0.3) is 0 Å². The number of nitrogens with zero attached hydrogens (tertiary/aromatic N) is 1. The summed E-state index contributed by atoms with van der Waals surface area (Å²) in [5.74, 6) is 2.58. The van der Waals surface area contributed by atoms with Crippen LogP contribution in [0.1, 0.15) is 57.2 Å². The lowest BCUT2D eigenvalue weighted by molar-refractivity contribution is 0.175. The maximum Gasteiger partial charge on any atom is 0.0897 e. The molecule has 1 aromatic rings. The van der Waals surface area contributed by atoms with Crippen LogP contribution in [0.5, 0.6) is 0 Å². The summed E-state index contributed by atoms with van der Waals surface area (Å²) in [5, 5.41) is 7.24. The molecule has 1 heterocycles. The van der Waals surface area contributed by atoms with Crippen molar-refractivity contribution in [1.82, 2.24) is 10.3 Å². The van der Waals surface area contributed by atoms with E-state index in [2.05, 4.69) is 43.4 Å². The van der Waals surface area contributed by atoms with E-state index in [4.69, 9.17) is 0 Å². The van der Waals surface area contributed by atoms with Gasteiger partial charge >= 0.3 is 0 Å². The Morgan fingerprint density at radius 3 is 2.55 bits per heavy atom. The molecule has 0 bridgehead atoms. The minimum atomic E-state index is 0.613. The molecule has 1 aliphatic rings. The van der Waals surface area contributed by atoms with Crippen molar-refractivity contribution in [3.63, 3.8) is 0 Å². The van der Waals surface area contributed by atoms with Gasteiger partial charge in [0.1, 0.15) is 0 Å². The molecule has 2 rings (SSSR count). The van der Waals surface area contributed by atoms with Crippen LogP contribution in [0.4, 0.5) is 0 Å². The third-order valence-electron chi connectivity index (χ3n) is 4.54. The number of hydrogen-bond acceptors (Lipinski definition) is 3. The van der Waals surface area contributed by atoms with Gasteiger partial charge in [0.15, 0.2) is 0 Å². The monoisotopic (exact) mass is 294 g/mol. The van der Waals surface area contributed by atoms with Gasteiger partial charge in [-0.3, -0.25) is 0 Å². The molecule has 114 valence electrons. The van der Waals surface area contributed by atoms with Crippen LogP contribution in [0.15, 0.2) is 5.38 Å². The van der Waals surface area contributed by atoms with Crippen LogP contribution >= 0.6 is 11.3 Å². The highest BCUT2D eigenvalue weighted by Gasteiger charge is 2.30. The fourth-order valence-corrected chi connectivity index (χ4v) is 4.43. The first-order valence-electron chi connectivity index (χ1n) is 8.22. The van der Waals surface area contributed by atoms with Crippen molar-refractivity contribution in [2.75, 3.05) is 6.54 Å². The first-order chi connectivity index (χ1) is 9.58. The van der Waals surface area contributed by atoms with Crippen molar-refractivity contribution < 1.29 is 0 Å². The second kappa shape index (κ2) is 7.56. The Balaban J connectivity index is 2.01. The Morgan fingerprint density at radius 1 is 1.30 bits per heavy atom. The molecule has 1 fully saturated rings. The molecule has 3 atom stereocenters. The maximum absolute atomic E-state index is 4.67. The van der Waals surface area contributed by atoms with E-state index in [0.29, 0.717) is 6.04 Å². The van der Waals surface area contributed by atoms with Crippen molar-refractivity contribution in [2.45, 2.75) is 65.8 Å². The normalized spacial score (nSPS) is 28.5. The Kier molecular flexibility index (Phi) is 6.03. The van der Waals surface area contributed by atoms with Gasteiger partial charge in [-0.1, -0.05) is 20.8 Å². The van der Waals surface area contributed by atoms with Gasteiger partial charge in [-0.25, -0.2) is 4.98 Å². The van der Waals surface area contributed by atoms with E-state index in [1.807, 2.05) is 0 Å². The van der Waals surface area contributed by atoms with Crippen LogP contribution in [0.3, 0.4) is 0 Å². The summed E-state index contributed by atoms with van der Waals surface area (Å²) in [5.41, 5.74) is 1.28. The van der Waals surface area contributed by atoms with Crippen molar-refractivity contribution in [3.8, 4) is 0 Å². The molecule has 1 aliphatic carbocycles. The van der Waals surface area contributed by atoms with E-state index in [0.717, 1.165) is 30.7 Å². The Bertz CT molecular complexity index is 391. The minimum absolute atomic E-state index is 0.613. The summed E-state index contributed by atoms with van der Waals surface area (Å²) in [6.07, 6.45) is 6.50. The molecule has 0 aliphatic heterocycles.